The SMILES string of the molecule is CCCCCCCCCCCCCCC(=O)[C@@H](N)COP(=O)(O)O. The van der Waals surface area contributed by atoms with Gasteiger partial charge < -0.3 is 15.5 Å². The third-order valence-corrected chi connectivity index (χ3v) is 4.60. The third kappa shape index (κ3) is 16.6. The summed E-state index contributed by atoms with van der Waals surface area (Å²) < 4.78 is 14.8. The Bertz CT molecular complexity index is 359. The lowest BCUT2D eigenvalue weighted by atomic mass is 10.0. The highest BCUT2D eigenvalue weighted by Gasteiger charge is 2.20. The van der Waals surface area contributed by atoms with Crippen molar-refractivity contribution in [3.63, 3.8) is 0 Å². The number of carbonyl (C=O) groups excluding carboxylic acids is 1. The predicted octanol–water partition coefficient (Wildman–Crippen LogP) is 4.08. The van der Waals surface area contributed by atoms with Crippen molar-refractivity contribution < 1.29 is 23.7 Å². The van der Waals surface area contributed by atoms with E-state index in [0.29, 0.717) is 6.42 Å². The van der Waals surface area contributed by atoms with Crippen molar-refractivity contribution in [3.8, 4) is 0 Å². The lowest BCUT2D eigenvalue weighted by Crippen LogP contribution is -2.34. The molecule has 0 fully saturated rings. The van der Waals surface area contributed by atoms with Gasteiger partial charge in [-0.3, -0.25) is 9.32 Å². The molecule has 0 aromatic heterocycles. The van der Waals surface area contributed by atoms with E-state index in [1.807, 2.05) is 0 Å². The van der Waals surface area contributed by atoms with E-state index in [1.165, 1.54) is 57.8 Å². The van der Waals surface area contributed by atoms with Gasteiger partial charge in [0.15, 0.2) is 5.78 Å². The zero-order valence-electron chi connectivity index (χ0n) is 15.1. The number of Topliss-reactive ketones (excluding diaryl/α,β-unsaturated/α-hetero) is 1. The Kier molecular flexibility index (Phi) is 14.9. The Labute approximate surface area is 146 Å². The zero-order valence-corrected chi connectivity index (χ0v) is 16.0. The fourth-order valence-corrected chi connectivity index (χ4v) is 2.95. The minimum absolute atomic E-state index is 0.199. The first kappa shape index (κ1) is 23.7. The molecule has 0 amide bonds. The van der Waals surface area contributed by atoms with Crippen LogP contribution in [-0.2, 0) is 13.9 Å². The van der Waals surface area contributed by atoms with Crippen LogP contribution in [-0.4, -0.2) is 28.2 Å². The first-order valence-electron chi connectivity index (χ1n) is 9.35. The number of nitrogens with two attached hydrogens (primary N) is 1. The second kappa shape index (κ2) is 15.0. The number of carbonyl (C=O) groups is 1. The molecule has 0 aliphatic rings. The number of hydrogen-bond donors (Lipinski definition) is 3. The normalized spacial score (nSPS) is 13.2. The Morgan fingerprint density at radius 2 is 1.33 bits per heavy atom. The van der Waals surface area contributed by atoms with Gasteiger partial charge in [-0.05, 0) is 6.42 Å². The standard InChI is InChI=1S/C17H36NO5P/c1-2-3-4-5-6-7-8-9-10-11-12-13-14-17(19)16(18)15-23-24(20,21)22/h16H,2-15,18H2,1H3,(H2,20,21,22)/t16-/m0/s1. The summed E-state index contributed by atoms with van der Waals surface area (Å²) in [5.74, 6) is -0.199. The molecule has 0 saturated heterocycles. The van der Waals surface area contributed by atoms with Crippen molar-refractivity contribution in [3.05, 3.63) is 0 Å². The summed E-state index contributed by atoms with van der Waals surface area (Å²) >= 11 is 0. The van der Waals surface area contributed by atoms with Crippen LogP contribution < -0.4 is 5.73 Å². The number of phosphoric acid groups is 1. The molecule has 1 atom stereocenters. The summed E-state index contributed by atoms with van der Waals surface area (Å²) in [6.07, 6.45) is 15.1. The van der Waals surface area contributed by atoms with E-state index in [1.54, 1.807) is 0 Å². The first-order chi connectivity index (χ1) is 11.4. The number of ketones is 1. The molecule has 6 nitrogen and oxygen atoms in total. The number of rotatable bonds is 17. The largest absolute Gasteiger partial charge is 0.469 e. The number of unbranched alkanes of at least 4 members (excludes halogenated alkanes) is 11. The summed E-state index contributed by atoms with van der Waals surface area (Å²) in [4.78, 5) is 28.8. The van der Waals surface area contributed by atoms with E-state index in [-0.39, 0.29) is 5.78 Å². The summed E-state index contributed by atoms with van der Waals surface area (Å²) in [6.45, 7) is 1.80. The monoisotopic (exact) mass is 365 g/mol. The van der Waals surface area contributed by atoms with Crippen LogP contribution in [0.1, 0.15) is 90.4 Å². The minimum atomic E-state index is -4.55. The maximum Gasteiger partial charge on any atom is 0.469 e. The fourth-order valence-electron chi connectivity index (χ4n) is 2.60. The highest BCUT2D eigenvalue weighted by Crippen LogP contribution is 2.35. The van der Waals surface area contributed by atoms with Crippen molar-refractivity contribution >= 4 is 13.6 Å². The molecule has 0 aliphatic carbocycles. The lowest BCUT2D eigenvalue weighted by molar-refractivity contribution is -0.121. The van der Waals surface area contributed by atoms with Crippen molar-refractivity contribution in [2.75, 3.05) is 6.61 Å². The van der Waals surface area contributed by atoms with Gasteiger partial charge in [-0.15, -0.1) is 0 Å². The molecule has 0 unspecified atom stereocenters. The van der Waals surface area contributed by atoms with Gasteiger partial charge in [-0.2, -0.15) is 0 Å². The predicted molar refractivity (Wildman–Crippen MR) is 96.7 cm³/mol. The van der Waals surface area contributed by atoms with Gasteiger partial charge in [0.05, 0.1) is 12.6 Å². The molecule has 0 spiro atoms. The number of phosphoric ester groups is 1. The highest BCUT2D eigenvalue weighted by atomic mass is 31.2. The van der Waals surface area contributed by atoms with Crippen LogP contribution in [0.5, 0.6) is 0 Å². The van der Waals surface area contributed by atoms with Crippen LogP contribution in [0.3, 0.4) is 0 Å². The van der Waals surface area contributed by atoms with Crippen LogP contribution in [0.2, 0.25) is 0 Å². The van der Waals surface area contributed by atoms with Gasteiger partial charge in [-0.25, -0.2) is 4.57 Å². The zero-order chi connectivity index (χ0) is 18.3. The van der Waals surface area contributed by atoms with Crippen molar-refractivity contribution in [1.82, 2.24) is 0 Å². The van der Waals surface area contributed by atoms with Crippen molar-refractivity contribution in [2.24, 2.45) is 5.73 Å². The van der Waals surface area contributed by atoms with Crippen LogP contribution in [0.4, 0.5) is 0 Å². The molecule has 0 rings (SSSR count). The molecule has 0 aromatic carbocycles. The molecule has 4 N–H and O–H groups in total. The van der Waals surface area contributed by atoms with E-state index in [9.17, 15) is 9.36 Å². The lowest BCUT2D eigenvalue weighted by Gasteiger charge is -2.11. The molecule has 7 heteroatoms. The quantitative estimate of drug-likeness (QED) is 0.265. The van der Waals surface area contributed by atoms with Crippen LogP contribution in [0, 0.1) is 0 Å². The summed E-state index contributed by atoms with van der Waals surface area (Å²) in [7, 11) is -4.55. The minimum Gasteiger partial charge on any atom is -0.320 e. The molecular weight excluding hydrogens is 329 g/mol. The topological polar surface area (TPSA) is 110 Å². The maximum absolute atomic E-state index is 11.7. The molecule has 0 saturated carbocycles. The molecule has 0 bridgehead atoms. The number of hydrogen-bond acceptors (Lipinski definition) is 4. The maximum atomic E-state index is 11.7. The Morgan fingerprint density at radius 1 is 0.917 bits per heavy atom. The molecule has 0 aromatic rings. The van der Waals surface area contributed by atoms with Gasteiger partial charge in [0.25, 0.3) is 0 Å². The Hall–Kier alpha value is -0.260. The van der Waals surface area contributed by atoms with Crippen LogP contribution >= 0.6 is 7.82 Å². The van der Waals surface area contributed by atoms with E-state index in [4.69, 9.17) is 15.5 Å². The molecule has 0 aliphatic heterocycles. The highest BCUT2D eigenvalue weighted by molar-refractivity contribution is 7.46. The second-order valence-electron chi connectivity index (χ2n) is 6.50. The van der Waals surface area contributed by atoms with E-state index in [2.05, 4.69) is 11.4 Å². The van der Waals surface area contributed by atoms with E-state index < -0.39 is 20.5 Å². The smallest absolute Gasteiger partial charge is 0.320 e. The van der Waals surface area contributed by atoms with Gasteiger partial charge in [0, 0.05) is 6.42 Å². The third-order valence-electron chi connectivity index (χ3n) is 4.11. The van der Waals surface area contributed by atoms with Crippen LogP contribution in [0.15, 0.2) is 0 Å². The second-order valence-corrected chi connectivity index (χ2v) is 7.74. The fraction of sp³-hybridized carbons (Fsp3) is 0.941. The molecule has 0 heterocycles. The van der Waals surface area contributed by atoms with Crippen LogP contribution in [0.25, 0.3) is 0 Å². The average molecular weight is 365 g/mol. The Balaban J connectivity index is 3.37. The van der Waals surface area contributed by atoms with Gasteiger partial charge in [-0.1, -0.05) is 77.6 Å². The first-order valence-corrected chi connectivity index (χ1v) is 10.9. The summed E-state index contributed by atoms with van der Waals surface area (Å²) in [5, 5.41) is 0. The average Bonchev–Trinajstić information content (AvgIpc) is 2.52. The van der Waals surface area contributed by atoms with Gasteiger partial charge in [0.1, 0.15) is 0 Å². The van der Waals surface area contributed by atoms with Crippen molar-refractivity contribution in [2.45, 2.75) is 96.4 Å². The summed E-state index contributed by atoms with van der Waals surface area (Å²) in [5.41, 5.74) is 5.55. The van der Waals surface area contributed by atoms with E-state index in [0.717, 1.165) is 19.3 Å². The summed E-state index contributed by atoms with van der Waals surface area (Å²) in [6, 6.07) is -0.953. The van der Waals surface area contributed by atoms with Crippen molar-refractivity contribution in [1.29, 1.82) is 0 Å². The Morgan fingerprint density at radius 3 is 1.75 bits per heavy atom. The van der Waals surface area contributed by atoms with E-state index >= 15 is 0 Å². The molecular formula is C17H36NO5P. The van der Waals surface area contributed by atoms with Gasteiger partial charge >= 0.3 is 7.82 Å². The molecule has 144 valence electrons. The molecule has 0 radical (unpaired) electrons. The molecule has 24 heavy (non-hydrogen) atoms. The van der Waals surface area contributed by atoms with Gasteiger partial charge in [0.2, 0.25) is 0 Å².